The van der Waals surface area contributed by atoms with Crippen LogP contribution in [0.5, 0.6) is 0 Å². The summed E-state index contributed by atoms with van der Waals surface area (Å²) in [6.45, 7) is 1.37. The monoisotopic (exact) mass is 431 g/mol. The number of nitrogens with one attached hydrogen (secondary N) is 1. The van der Waals surface area contributed by atoms with Crippen molar-refractivity contribution in [1.29, 1.82) is 0 Å². The van der Waals surface area contributed by atoms with E-state index in [1.165, 1.54) is 0 Å². The van der Waals surface area contributed by atoms with Gasteiger partial charge in [-0.25, -0.2) is 0 Å². The van der Waals surface area contributed by atoms with E-state index in [1.807, 2.05) is 16.8 Å². The summed E-state index contributed by atoms with van der Waals surface area (Å²) in [6, 6.07) is 3.01. The van der Waals surface area contributed by atoms with Crippen molar-refractivity contribution in [3.8, 4) is 0 Å². The molecule has 1 aliphatic heterocycles. The highest BCUT2D eigenvalue weighted by molar-refractivity contribution is 6.33. The molecule has 2 aliphatic rings. The highest BCUT2D eigenvalue weighted by Gasteiger charge is 2.33. The predicted molar refractivity (Wildman–Crippen MR) is 105 cm³/mol. The van der Waals surface area contributed by atoms with E-state index in [4.69, 9.17) is 11.6 Å². The lowest BCUT2D eigenvalue weighted by Gasteiger charge is -2.39. The molecule has 1 aliphatic carbocycles. The van der Waals surface area contributed by atoms with Crippen molar-refractivity contribution in [3.05, 3.63) is 28.8 Å². The van der Waals surface area contributed by atoms with Crippen LogP contribution in [0.4, 0.5) is 18.9 Å². The molecule has 1 aromatic rings. The maximum absolute atomic E-state index is 12.9. The number of benzene rings is 1. The first-order valence-corrected chi connectivity index (χ1v) is 10.2. The van der Waals surface area contributed by atoms with Gasteiger partial charge in [0.05, 0.1) is 22.8 Å². The third-order valence-corrected chi connectivity index (χ3v) is 6.17. The first-order valence-electron chi connectivity index (χ1n) is 9.81. The summed E-state index contributed by atoms with van der Waals surface area (Å²) in [6.07, 6.45) is 0.0995. The SMILES string of the molecule is CN(C(=O)C1CCC1)C1CCN(CC(=O)Nc2cc(C(F)(F)F)ccc2Cl)CC1. The van der Waals surface area contributed by atoms with Crippen molar-refractivity contribution < 1.29 is 22.8 Å². The molecule has 5 nitrogen and oxygen atoms in total. The van der Waals surface area contributed by atoms with E-state index in [2.05, 4.69) is 5.32 Å². The Kier molecular flexibility index (Phi) is 6.73. The van der Waals surface area contributed by atoms with Gasteiger partial charge in [0.15, 0.2) is 0 Å². The summed E-state index contributed by atoms with van der Waals surface area (Å²) in [5, 5.41) is 2.53. The Hall–Kier alpha value is -1.80. The Morgan fingerprint density at radius 1 is 1.21 bits per heavy atom. The molecule has 1 heterocycles. The van der Waals surface area contributed by atoms with Gasteiger partial charge in [0.1, 0.15) is 0 Å². The second-order valence-electron chi connectivity index (χ2n) is 7.82. The molecule has 1 saturated carbocycles. The van der Waals surface area contributed by atoms with Gasteiger partial charge in [-0.15, -0.1) is 0 Å². The summed E-state index contributed by atoms with van der Waals surface area (Å²) in [4.78, 5) is 28.5. The Bertz CT molecular complexity index is 760. The number of rotatable bonds is 5. The van der Waals surface area contributed by atoms with Gasteiger partial charge < -0.3 is 10.2 Å². The molecule has 0 aromatic heterocycles. The van der Waals surface area contributed by atoms with Crippen molar-refractivity contribution in [1.82, 2.24) is 9.80 Å². The van der Waals surface area contributed by atoms with E-state index in [0.717, 1.165) is 50.3 Å². The number of anilines is 1. The van der Waals surface area contributed by atoms with Gasteiger partial charge in [0.25, 0.3) is 0 Å². The van der Waals surface area contributed by atoms with Gasteiger partial charge in [-0.3, -0.25) is 14.5 Å². The molecule has 1 saturated heterocycles. The van der Waals surface area contributed by atoms with Crippen molar-refractivity contribution in [2.75, 3.05) is 32.0 Å². The van der Waals surface area contributed by atoms with Crippen LogP contribution in [0, 0.1) is 5.92 Å². The number of piperidine rings is 1. The number of likely N-dealkylation sites (tertiary alicyclic amines) is 1. The second-order valence-corrected chi connectivity index (χ2v) is 8.23. The maximum atomic E-state index is 12.9. The van der Waals surface area contributed by atoms with Gasteiger partial charge in [0.2, 0.25) is 11.8 Å². The average molecular weight is 432 g/mol. The van der Waals surface area contributed by atoms with Crippen molar-refractivity contribution in [2.24, 2.45) is 5.92 Å². The summed E-state index contributed by atoms with van der Waals surface area (Å²) in [5.41, 5.74) is -0.913. The van der Waals surface area contributed by atoms with Crippen LogP contribution in [-0.4, -0.2) is 54.3 Å². The lowest BCUT2D eigenvalue weighted by Crippen LogP contribution is -2.49. The number of carbonyl (C=O) groups excluding carboxylic acids is 2. The minimum absolute atomic E-state index is 0.0489. The minimum Gasteiger partial charge on any atom is -0.342 e. The summed E-state index contributed by atoms with van der Waals surface area (Å²) < 4.78 is 38.6. The molecule has 3 rings (SSSR count). The van der Waals surface area contributed by atoms with E-state index < -0.39 is 17.6 Å². The molecule has 0 atom stereocenters. The van der Waals surface area contributed by atoms with Crippen molar-refractivity contribution in [2.45, 2.75) is 44.3 Å². The molecule has 160 valence electrons. The standard InChI is InChI=1S/C20H25ClF3N3O2/c1-26(19(29)13-3-2-4-13)15-7-9-27(10-8-15)12-18(28)25-17-11-14(20(22,23)24)5-6-16(17)21/h5-6,11,13,15H,2-4,7-10,12H2,1H3,(H,25,28). The number of amides is 2. The highest BCUT2D eigenvalue weighted by atomic mass is 35.5. The molecule has 0 bridgehead atoms. The normalized spacial score (nSPS) is 18.9. The van der Waals surface area contributed by atoms with Gasteiger partial charge in [-0.1, -0.05) is 18.0 Å². The fourth-order valence-corrected chi connectivity index (χ4v) is 3.94. The molecule has 9 heteroatoms. The smallest absolute Gasteiger partial charge is 0.342 e. The first-order chi connectivity index (χ1) is 13.6. The highest BCUT2D eigenvalue weighted by Crippen LogP contribution is 2.34. The van der Waals surface area contributed by atoms with E-state index in [-0.39, 0.29) is 35.1 Å². The lowest BCUT2D eigenvalue weighted by molar-refractivity contribution is -0.140. The molecule has 1 aromatic carbocycles. The summed E-state index contributed by atoms with van der Waals surface area (Å²) >= 11 is 5.93. The van der Waals surface area contributed by atoms with Gasteiger partial charge >= 0.3 is 6.18 Å². The zero-order chi connectivity index (χ0) is 21.2. The molecule has 2 fully saturated rings. The van der Waals surface area contributed by atoms with Crippen molar-refractivity contribution >= 4 is 29.1 Å². The number of nitrogens with zero attached hydrogens (tertiary/aromatic N) is 2. The number of carbonyl (C=O) groups is 2. The minimum atomic E-state index is -4.51. The molecule has 0 radical (unpaired) electrons. The number of hydrogen-bond acceptors (Lipinski definition) is 3. The molecule has 2 amide bonds. The third kappa shape index (κ3) is 5.42. The topological polar surface area (TPSA) is 52.7 Å². The summed E-state index contributed by atoms with van der Waals surface area (Å²) in [7, 11) is 1.85. The lowest BCUT2D eigenvalue weighted by atomic mass is 9.84. The van der Waals surface area contributed by atoms with Crippen LogP contribution in [0.1, 0.15) is 37.7 Å². The van der Waals surface area contributed by atoms with Crippen LogP contribution >= 0.6 is 11.6 Å². The van der Waals surface area contributed by atoms with Crippen LogP contribution in [-0.2, 0) is 15.8 Å². The van der Waals surface area contributed by atoms with Crippen LogP contribution in [0.25, 0.3) is 0 Å². The molecule has 0 unspecified atom stereocenters. The number of halogens is 4. The second kappa shape index (κ2) is 8.92. The largest absolute Gasteiger partial charge is 0.416 e. The Labute approximate surface area is 173 Å². The number of hydrogen-bond donors (Lipinski definition) is 1. The zero-order valence-electron chi connectivity index (χ0n) is 16.3. The van der Waals surface area contributed by atoms with Crippen LogP contribution < -0.4 is 5.32 Å². The Morgan fingerprint density at radius 2 is 1.86 bits per heavy atom. The molecular weight excluding hydrogens is 407 g/mol. The molecule has 1 N–H and O–H groups in total. The van der Waals surface area contributed by atoms with Gasteiger partial charge in [-0.2, -0.15) is 13.2 Å². The molecule has 0 spiro atoms. The fraction of sp³-hybridized carbons (Fsp3) is 0.600. The average Bonchev–Trinajstić information content (AvgIpc) is 2.61. The van der Waals surface area contributed by atoms with Crippen molar-refractivity contribution in [3.63, 3.8) is 0 Å². The van der Waals surface area contributed by atoms with E-state index in [0.29, 0.717) is 13.1 Å². The van der Waals surface area contributed by atoms with E-state index >= 15 is 0 Å². The third-order valence-electron chi connectivity index (χ3n) is 5.84. The van der Waals surface area contributed by atoms with Crippen LogP contribution in [0.15, 0.2) is 18.2 Å². The van der Waals surface area contributed by atoms with Crippen LogP contribution in [0.3, 0.4) is 0 Å². The van der Waals surface area contributed by atoms with E-state index in [9.17, 15) is 22.8 Å². The first kappa shape index (κ1) is 21.9. The Balaban J connectivity index is 1.49. The molecular formula is C20H25ClF3N3O2. The quantitative estimate of drug-likeness (QED) is 0.766. The Morgan fingerprint density at radius 3 is 2.41 bits per heavy atom. The fourth-order valence-electron chi connectivity index (χ4n) is 3.78. The number of alkyl halides is 3. The molecule has 29 heavy (non-hydrogen) atoms. The maximum Gasteiger partial charge on any atom is 0.416 e. The summed E-state index contributed by atoms with van der Waals surface area (Å²) in [5.74, 6) is -0.0313. The van der Waals surface area contributed by atoms with Gasteiger partial charge in [0, 0.05) is 32.1 Å². The van der Waals surface area contributed by atoms with E-state index in [1.54, 1.807) is 0 Å². The predicted octanol–water partition coefficient (Wildman–Crippen LogP) is 4.02. The van der Waals surface area contributed by atoms with Crippen LogP contribution in [0.2, 0.25) is 5.02 Å². The van der Waals surface area contributed by atoms with Gasteiger partial charge in [-0.05, 0) is 43.9 Å². The zero-order valence-corrected chi connectivity index (χ0v) is 17.0.